The van der Waals surface area contributed by atoms with Crippen molar-refractivity contribution in [2.45, 2.75) is 13.3 Å². The summed E-state index contributed by atoms with van der Waals surface area (Å²) in [4.78, 5) is 24.7. The highest BCUT2D eigenvalue weighted by Gasteiger charge is 2.09. The number of ether oxygens (including phenoxy) is 1. The number of rotatable bonds is 5. The summed E-state index contributed by atoms with van der Waals surface area (Å²) < 4.78 is 4.93. The largest absolute Gasteiger partial charge is 0.462 e. The topological polar surface area (TPSA) is 77.0 Å². The van der Waals surface area contributed by atoms with Crippen LogP contribution in [0.2, 0.25) is 0 Å². The molecule has 0 radical (unpaired) electrons. The van der Waals surface area contributed by atoms with Gasteiger partial charge in [0.15, 0.2) is 5.01 Å². The van der Waals surface area contributed by atoms with Crippen molar-refractivity contribution >= 4 is 34.0 Å². The summed E-state index contributed by atoms with van der Waals surface area (Å²) in [6.07, 6.45) is 3.67. The van der Waals surface area contributed by atoms with Gasteiger partial charge in [0.25, 0.3) is 0 Å². The molecule has 1 N–H and O–H groups in total. The molecule has 3 rings (SSSR count). The number of benzene rings is 1. The molecule has 0 fully saturated rings. The highest BCUT2D eigenvalue weighted by atomic mass is 32.1. The number of nitrogens with one attached hydrogen (secondary N) is 1. The van der Waals surface area contributed by atoms with Gasteiger partial charge < -0.3 is 10.1 Å². The quantitative estimate of drug-likeness (QED) is 0.432. The van der Waals surface area contributed by atoms with E-state index in [4.69, 9.17) is 4.74 Å². The highest BCUT2D eigenvalue weighted by molar-refractivity contribution is 7.14. The van der Waals surface area contributed by atoms with E-state index in [1.807, 2.05) is 24.3 Å². The summed E-state index contributed by atoms with van der Waals surface area (Å²) >= 11 is 1.24. The first-order valence-corrected chi connectivity index (χ1v) is 8.65. The molecule has 1 aromatic carbocycles. The lowest BCUT2D eigenvalue weighted by Gasteiger charge is -2.05. The van der Waals surface area contributed by atoms with Crippen molar-refractivity contribution in [3.05, 3.63) is 46.7 Å². The van der Waals surface area contributed by atoms with E-state index < -0.39 is 0 Å². The second kappa shape index (κ2) is 8.22. The molecule has 0 atom stereocenters. The van der Waals surface area contributed by atoms with Crippen molar-refractivity contribution in [1.29, 1.82) is 0 Å². The lowest BCUT2D eigenvalue weighted by Crippen LogP contribution is -2.03. The molecule has 0 amide bonds. The molecule has 126 valence electrons. The van der Waals surface area contributed by atoms with Crippen molar-refractivity contribution in [3.63, 3.8) is 0 Å². The molecule has 7 heteroatoms. The van der Waals surface area contributed by atoms with E-state index in [0.717, 1.165) is 16.7 Å². The van der Waals surface area contributed by atoms with Gasteiger partial charge in [0.1, 0.15) is 17.0 Å². The van der Waals surface area contributed by atoms with Crippen molar-refractivity contribution in [3.8, 4) is 11.8 Å². The van der Waals surface area contributed by atoms with Crippen LogP contribution in [0.5, 0.6) is 0 Å². The van der Waals surface area contributed by atoms with E-state index in [0.29, 0.717) is 29.5 Å². The number of carbonyl (C=O) groups is 1. The number of carbonyl (C=O) groups excluding carboxylic acids is 1. The van der Waals surface area contributed by atoms with Gasteiger partial charge in [-0.25, -0.2) is 19.7 Å². The number of anilines is 1. The Morgan fingerprint density at radius 3 is 3.04 bits per heavy atom. The predicted molar refractivity (Wildman–Crippen MR) is 97.6 cm³/mol. The van der Waals surface area contributed by atoms with E-state index >= 15 is 0 Å². The molecule has 0 aliphatic heterocycles. The molecule has 0 aliphatic rings. The Morgan fingerprint density at radius 2 is 2.16 bits per heavy atom. The minimum atomic E-state index is -0.356. The van der Waals surface area contributed by atoms with Crippen LogP contribution < -0.4 is 5.32 Å². The number of fused-ring (bicyclic) bond motifs is 1. The van der Waals surface area contributed by atoms with Crippen LogP contribution in [-0.2, 0) is 4.74 Å². The van der Waals surface area contributed by atoms with Crippen LogP contribution in [0.15, 0.2) is 36.8 Å². The average molecular weight is 352 g/mol. The number of aromatic nitrogens is 3. The lowest BCUT2D eigenvalue weighted by atomic mass is 10.2. The Morgan fingerprint density at radius 1 is 1.28 bits per heavy atom. The molecular formula is C18H16N4O2S. The van der Waals surface area contributed by atoms with Gasteiger partial charge in [-0.3, -0.25) is 0 Å². The van der Waals surface area contributed by atoms with Crippen LogP contribution >= 0.6 is 11.3 Å². The Labute approximate surface area is 149 Å². The summed E-state index contributed by atoms with van der Waals surface area (Å²) in [5.74, 6) is 6.45. The Hall–Kier alpha value is -2.98. The van der Waals surface area contributed by atoms with Gasteiger partial charge in [-0.2, -0.15) is 0 Å². The maximum Gasteiger partial charge on any atom is 0.349 e. The lowest BCUT2D eigenvalue weighted by molar-refractivity contribution is 0.0532. The van der Waals surface area contributed by atoms with Crippen LogP contribution in [0.3, 0.4) is 0 Å². The first-order chi connectivity index (χ1) is 12.3. The molecule has 6 nitrogen and oxygen atoms in total. The zero-order valence-corrected chi connectivity index (χ0v) is 14.5. The molecule has 0 aliphatic carbocycles. The first-order valence-electron chi connectivity index (χ1n) is 7.83. The molecule has 25 heavy (non-hydrogen) atoms. The molecule has 0 spiro atoms. The predicted octanol–water partition coefficient (Wildman–Crippen LogP) is 3.12. The van der Waals surface area contributed by atoms with E-state index in [1.165, 1.54) is 17.5 Å². The molecule has 3 aromatic rings. The molecular weight excluding hydrogens is 336 g/mol. The number of hydrogen-bond donors (Lipinski definition) is 1. The van der Waals surface area contributed by atoms with Crippen LogP contribution in [0, 0.1) is 11.8 Å². The van der Waals surface area contributed by atoms with Gasteiger partial charge in [-0.05, 0) is 25.0 Å². The van der Waals surface area contributed by atoms with Crippen LogP contribution in [0.1, 0.15) is 28.0 Å². The van der Waals surface area contributed by atoms with Gasteiger partial charge in [0.2, 0.25) is 0 Å². The minimum Gasteiger partial charge on any atom is -0.462 e. The van der Waals surface area contributed by atoms with Gasteiger partial charge >= 0.3 is 5.97 Å². The Kier molecular flexibility index (Phi) is 5.54. The number of hydrogen-bond acceptors (Lipinski definition) is 7. The standard InChI is InChI=1S/C18H16N4O2S/c1-2-24-18(23)15-11-20-16(25-15)9-5-6-10-19-17-13-7-3-4-8-14(13)21-12-22-17/h3-4,7-8,11-12H,2,6,10H2,1H3,(H,19,21,22). The third-order valence-electron chi connectivity index (χ3n) is 3.26. The summed E-state index contributed by atoms with van der Waals surface area (Å²) in [7, 11) is 0. The number of thiazole rings is 1. The first kappa shape index (κ1) is 16.9. The van der Waals surface area contributed by atoms with E-state index in [-0.39, 0.29) is 5.97 Å². The summed E-state index contributed by atoms with van der Waals surface area (Å²) in [5, 5.41) is 4.86. The van der Waals surface area contributed by atoms with E-state index in [1.54, 1.807) is 13.3 Å². The Bertz CT molecular complexity index is 937. The van der Waals surface area contributed by atoms with Gasteiger partial charge in [0.05, 0.1) is 18.3 Å². The smallest absolute Gasteiger partial charge is 0.349 e. The molecule has 2 aromatic heterocycles. The second-order valence-electron chi connectivity index (χ2n) is 4.97. The highest BCUT2D eigenvalue weighted by Crippen LogP contribution is 2.18. The Balaban J connectivity index is 1.55. The fourth-order valence-corrected chi connectivity index (χ4v) is 2.84. The normalized spacial score (nSPS) is 10.1. The number of esters is 1. The van der Waals surface area contributed by atoms with Crippen LogP contribution in [-0.4, -0.2) is 34.1 Å². The summed E-state index contributed by atoms with van der Waals surface area (Å²) in [6, 6.07) is 7.84. The maximum atomic E-state index is 11.6. The molecule has 0 bridgehead atoms. The summed E-state index contributed by atoms with van der Waals surface area (Å²) in [6.45, 7) is 2.78. The van der Waals surface area contributed by atoms with Crippen molar-refractivity contribution in [2.24, 2.45) is 0 Å². The minimum absolute atomic E-state index is 0.348. The summed E-state index contributed by atoms with van der Waals surface area (Å²) in [5.41, 5.74) is 0.903. The monoisotopic (exact) mass is 352 g/mol. The average Bonchev–Trinajstić information content (AvgIpc) is 3.11. The van der Waals surface area contributed by atoms with Crippen molar-refractivity contribution in [2.75, 3.05) is 18.5 Å². The SMILES string of the molecule is CCOC(=O)c1cnc(C#CCCNc2ncnc3ccccc23)s1. The van der Waals surface area contributed by atoms with Crippen molar-refractivity contribution < 1.29 is 9.53 Å². The van der Waals surface area contributed by atoms with E-state index in [2.05, 4.69) is 32.1 Å². The molecule has 2 heterocycles. The number of para-hydroxylation sites is 1. The number of nitrogens with zero attached hydrogens (tertiary/aromatic N) is 3. The van der Waals surface area contributed by atoms with Gasteiger partial charge in [-0.15, -0.1) is 0 Å². The van der Waals surface area contributed by atoms with Crippen LogP contribution in [0.25, 0.3) is 10.9 Å². The molecule has 0 saturated heterocycles. The zero-order valence-electron chi connectivity index (χ0n) is 13.7. The maximum absolute atomic E-state index is 11.6. The second-order valence-corrected chi connectivity index (χ2v) is 6.00. The van der Waals surface area contributed by atoms with Gasteiger partial charge in [-0.1, -0.05) is 29.4 Å². The fourth-order valence-electron chi connectivity index (χ4n) is 2.16. The van der Waals surface area contributed by atoms with E-state index in [9.17, 15) is 4.79 Å². The fraction of sp³-hybridized carbons (Fsp3) is 0.222. The van der Waals surface area contributed by atoms with Crippen LogP contribution in [0.4, 0.5) is 5.82 Å². The third kappa shape index (κ3) is 4.31. The molecule has 0 unspecified atom stereocenters. The van der Waals surface area contributed by atoms with Crippen molar-refractivity contribution in [1.82, 2.24) is 15.0 Å². The molecule has 0 saturated carbocycles. The van der Waals surface area contributed by atoms with Gasteiger partial charge in [0, 0.05) is 18.4 Å². The third-order valence-corrected chi connectivity index (χ3v) is 4.16. The zero-order chi connectivity index (χ0) is 17.5.